The SMILES string of the molecule is O=C(Nc1ccc2ccccc2c1)c1cc(S(=O)(=O)NC[C@@H]2CCCO2)ccc1Br. The first-order valence-electron chi connectivity index (χ1n) is 9.63. The summed E-state index contributed by atoms with van der Waals surface area (Å²) in [4.78, 5) is 12.9. The van der Waals surface area contributed by atoms with Crippen molar-refractivity contribution in [1.82, 2.24) is 4.72 Å². The predicted octanol–water partition coefficient (Wildman–Crippen LogP) is 4.31. The second-order valence-corrected chi connectivity index (χ2v) is 9.77. The van der Waals surface area contributed by atoms with Gasteiger partial charge in [-0.1, -0.05) is 30.3 Å². The van der Waals surface area contributed by atoms with Gasteiger partial charge in [-0.25, -0.2) is 13.1 Å². The van der Waals surface area contributed by atoms with Gasteiger partial charge in [0.15, 0.2) is 0 Å². The van der Waals surface area contributed by atoms with Crippen molar-refractivity contribution in [1.29, 1.82) is 0 Å². The molecule has 30 heavy (non-hydrogen) atoms. The fourth-order valence-corrected chi connectivity index (χ4v) is 4.92. The molecule has 0 aliphatic carbocycles. The van der Waals surface area contributed by atoms with Crippen molar-refractivity contribution in [3.8, 4) is 0 Å². The number of ether oxygens (including phenoxy) is 1. The Morgan fingerprint density at radius 3 is 2.63 bits per heavy atom. The second kappa shape index (κ2) is 8.85. The van der Waals surface area contributed by atoms with Crippen LogP contribution >= 0.6 is 15.9 Å². The van der Waals surface area contributed by atoms with Crippen LogP contribution in [0.15, 0.2) is 70.0 Å². The van der Waals surface area contributed by atoms with Gasteiger partial charge in [0.25, 0.3) is 5.91 Å². The Bertz CT molecular complexity index is 1190. The monoisotopic (exact) mass is 488 g/mol. The van der Waals surface area contributed by atoms with Crippen molar-refractivity contribution in [2.24, 2.45) is 0 Å². The summed E-state index contributed by atoms with van der Waals surface area (Å²) in [7, 11) is -3.75. The molecule has 1 amide bonds. The number of carbonyl (C=O) groups is 1. The molecule has 156 valence electrons. The van der Waals surface area contributed by atoms with Crippen molar-refractivity contribution in [2.45, 2.75) is 23.8 Å². The minimum absolute atomic E-state index is 0.0346. The third kappa shape index (κ3) is 4.73. The van der Waals surface area contributed by atoms with E-state index in [-0.39, 0.29) is 23.1 Å². The summed E-state index contributed by atoms with van der Waals surface area (Å²) >= 11 is 3.35. The first-order valence-corrected chi connectivity index (χ1v) is 11.9. The van der Waals surface area contributed by atoms with Gasteiger partial charge in [0.2, 0.25) is 10.0 Å². The van der Waals surface area contributed by atoms with E-state index in [2.05, 4.69) is 26.0 Å². The Balaban J connectivity index is 1.53. The molecule has 2 N–H and O–H groups in total. The molecule has 0 aromatic heterocycles. The summed E-state index contributed by atoms with van der Waals surface area (Å²) < 4.78 is 33.9. The molecule has 6 nitrogen and oxygen atoms in total. The lowest BCUT2D eigenvalue weighted by molar-refractivity contribution is 0.102. The van der Waals surface area contributed by atoms with Crippen molar-refractivity contribution in [3.63, 3.8) is 0 Å². The standard InChI is InChI=1S/C22H21BrN2O4S/c23-21-10-9-19(30(27,28)24-14-18-6-3-11-29-18)13-20(21)22(26)25-17-8-7-15-4-1-2-5-16(15)12-17/h1-2,4-5,7-10,12-13,18,24H,3,6,11,14H2,(H,25,26)/t18-/m0/s1. The number of benzene rings is 3. The molecule has 0 unspecified atom stereocenters. The van der Waals surface area contributed by atoms with Crippen LogP contribution in [0.3, 0.4) is 0 Å². The lowest BCUT2D eigenvalue weighted by Gasteiger charge is -2.13. The molecule has 1 aliphatic rings. The maximum atomic E-state index is 12.8. The number of fused-ring (bicyclic) bond motifs is 1. The number of rotatable bonds is 6. The number of halogens is 1. The molecule has 0 bridgehead atoms. The van der Waals surface area contributed by atoms with Crippen LogP contribution < -0.4 is 10.0 Å². The average Bonchev–Trinajstić information content (AvgIpc) is 3.26. The van der Waals surface area contributed by atoms with E-state index in [0.717, 1.165) is 23.6 Å². The number of hydrogen-bond donors (Lipinski definition) is 2. The zero-order valence-electron chi connectivity index (χ0n) is 16.1. The molecular formula is C22H21BrN2O4S. The first kappa shape index (κ1) is 21.0. The molecule has 4 rings (SSSR count). The van der Waals surface area contributed by atoms with E-state index in [9.17, 15) is 13.2 Å². The Morgan fingerprint density at radius 2 is 1.87 bits per heavy atom. The molecule has 1 atom stereocenters. The minimum Gasteiger partial charge on any atom is -0.377 e. The highest BCUT2D eigenvalue weighted by molar-refractivity contribution is 9.10. The molecule has 1 fully saturated rings. The summed E-state index contributed by atoms with van der Waals surface area (Å²) in [5.74, 6) is -0.395. The van der Waals surface area contributed by atoms with Crippen LogP contribution in [0, 0.1) is 0 Å². The van der Waals surface area contributed by atoms with Crippen molar-refractivity contribution in [2.75, 3.05) is 18.5 Å². The first-order chi connectivity index (χ1) is 14.4. The van der Waals surface area contributed by atoms with E-state index in [4.69, 9.17) is 4.74 Å². The predicted molar refractivity (Wildman–Crippen MR) is 120 cm³/mol. The van der Waals surface area contributed by atoms with Gasteiger partial charge in [-0.15, -0.1) is 0 Å². The molecule has 8 heteroatoms. The highest BCUT2D eigenvalue weighted by Gasteiger charge is 2.22. The van der Waals surface area contributed by atoms with Crippen LogP contribution in [0.5, 0.6) is 0 Å². The van der Waals surface area contributed by atoms with Crippen LogP contribution in [-0.4, -0.2) is 33.6 Å². The van der Waals surface area contributed by atoms with Gasteiger partial charge in [0.05, 0.1) is 16.6 Å². The molecule has 1 saturated heterocycles. The molecule has 0 radical (unpaired) electrons. The molecular weight excluding hydrogens is 468 g/mol. The Labute approximate surface area is 183 Å². The number of nitrogens with one attached hydrogen (secondary N) is 2. The maximum absolute atomic E-state index is 12.8. The summed E-state index contributed by atoms with van der Waals surface area (Å²) in [5, 5.41) is 4.92. The quantitative estimate of drug-likeness (QED) is 0.541. The molecule has 1 heterocycles. The van der Waals surface area contributed by atoms with Crippen molar-refractivity contribution in [3.05, 3.63) is 70.7 Å². The summed E-state index contributed by atoms with van der Waals surface area (Å²) in [5.41, 5.74) is 0.874. The third-order valence-corrected chi connectivity index (χ3v) is 7.14. The lowest BCUT2D eigenvalue weighted by Crippen LogP contribution is -2.32. The zero-order valence-corrected chi connectivity index (χ0v) is 18.5. The van der Waals surface area contributed by atoms with Crippen LogP contribution in [0.4, 0.5) is 5.69 Å². The van der Waals surface area contributed by atoms with Crippen LogP contribution in [0.1, 0.15) is 23.2 Å². The van der Waals surface area contributed by atoms with Crippen LogP contribution in [-0.2, 0) is 14.8 Å². The van der Waals surface area contributed by atoms with Gasteiger partial charge in [-0.2, -0.15) is 0 Å². The summed E-state index contributed by atoms with van der Waals surface area (Å²) in [6.07, 6.45) is 1.66. The van der Waals surface area contributed by atoms with E-state index >= 15 is 0 Å². The van der Waals surface area contributed by atoms with Gasteiger partial charge in [-0.3, -0.25) is 4.79 Å². The van der Waals surface area contributed by atoms with E-state index in [1.54, 1.807) is 6.07 Å². The van der Waals surface area contributed by atoms with Crippen molar-refractivity contribution >= 4 is 48.3 Å². The smallest absolute Gasteiger partial charge is 0.256 e. The fraction of sp³-hybridized carbons (Fsp3) is 0.227. The molecule has 1 aliphatic heterocycles. The van der Waals surface area contributed by atoms with Gasteiger partial charge in [0, 0.05) is 23.3 Å². The number of amides is 1. The largest absolute Gasteiger partial charge is 0.377 e. The van der Waals surface area contributed by atoms with Crippen LogP contribution in [0.2, 0.25) is 0 Å². The highest BCUT2D eigenvalue weighted by atomic mass is 79.9. The molecule has 3 aromatic rings. The molecule has 0 spiro atoms. The fourth-order valence-electron chi connectivity index (χ4n) is 3.40. The van der Waals surface area contributed by atoms with E-state index in [1.807, 2.05) is 42.5 Å². The Morgan fingerprint density at radius 1 is 1.07 bits per heavy atom. The highest BCUT2D eigenvalue weighted by Crippen LogP contribution is 2.24. The topological polar surface area (TPSA) is 84.5 Å². The number of anilines is 1. The van der Waals surface area contributed by atoms with Crippen LogP contribution in [0.25, 0.3) is 10.8 Å². The third-order valence-electron chi connectivity index (χ3n) is 5.03. The van der Waals surface area contributed by atoms with Gasteiger partial charge < -0.3 is 10.1 Å². The Hall–Kier alpha value is -2.26. The van der Waals surface area contributed by atoms with Gasteiger partial charge in [-0.05, 0) is 69.9 Å². The van der Waals surface area contributed by atoms with Gasteiger partial charge >= 0.3 is 0 Å². The summed E-state index contributed by atoms with van der Waals surface area (Å²) in [6, 6.07) is 17.9. The number of carbonyl (C=O) groups excluding carboxylic acids is 1. The lowest BCUT2D eigenvalue weighted by atomic mass is 10.1. The van der Waals surface area contributed by atoms with E-state index < -0.39 is 15.9 Å². The number of hydrogen-bond acceptors (Lipinski definition) is 4. The summed E-state index contributed by atoms with van der Waals surface area (Å²) in [6.45, 7) is 0.876. The minimum atomic E-state index is -3.75. The number of sulfonamides is 1. The zero-order chi connectivity index (χ0) is 21.1. The van der Waals surface area contributed by atoms with E-state index in [1.165, 1.54) is 12.1 Å². The Kier molecular flexibility index (Phi) is 6.19. The maximum Gasteiger partial charge on any atom is 0.256 e. The second-order valence-electron chi connectivity index (χ2n) is 7.14. The molecule has 3 aromatic carbocycles. The normalized spacial score (nSPS) is 16.6. The van der Waals surface area contributed by atoms with Crippen molar-refractivity contribution < 1.29 is 17.9 Å². The van der Waals surface area contributed by atoms with Gasteiger partial charge in [0.1, 0.15) is 0 Å². The molecule has 0 saturated carbocycles. The van der Waals surface area contributed by atoms with E-state index in [0.29, 0.717) is 16.8 Å². The average molecular weight is 489 g/mol.